The number of amidine groups is 1. The van der Waals surface area contributed by atoms with Gasteiger partial charge in [-0.15, -0.1) is 0 Å². The third-order valence-corrected chi connectivity index (χ3v) is 7.51. The third-order valence-electron chi connectivity index (χ3n) is 7.51. The minimum Gasteiger partial charge on any atom is -0.333 e. The topological polar surface area (TPSA) is 60.0 Å². The Labute approximate surface area is 156 Å². The molecule has 0 aromatic rings. The van der Waals surface area contributed by atoms with Crippen LogP contribution in [0.1, 0.15) is 65.2 Å². The molecule has 144 valence electrons. The third kappa shape index (κ3) is 2.40. The van der Waals surface area contributed by atoms with Crippen LogP contribution in [0.25, 0.3) is 0 Å². The van der Waals surface area contributed by atoms with Gasteiger partial charge in [-0.1, -0.05) is 26.7 Å². The monoisotopic (exact) mass is 359 g/mol. The van der Waals surface area contributed by atoms with E-state index in [0.29, 0.717) is 5.92 Å². The lowest BCUT2D eigenvalue weighted by Gasteiger charge is -2.53. The minimum atomic E-state index is -0.287. The fourth-order valence-electron chi connectivity index (χ4n) is 5.58. The van der Waals surface area contributed by atoms with Crippen molar-refractivity contribution in [2.45, 2.75) is 83.6 Å². The average Bonchev–Trinajstić information content (AvgIpc) is 3.58. The maximum atomic E-state index is 13.4. The smallest absolute Gasteiger partial charge is 0.267 e. The zero-order chi connectivity index (χ0) is 17.9. The molecule has 2 aliphatic carbocycles. The van der Waals surface area contributed by atoms with Crippen LogP contribution in [0.15, 0.2) is 5.10 Å². The predicted molar refractivity (Wildman–Crippen MR) is 101 cm³/mol. The molecule has 2 saturated carbocycles. The molecule has 0 aromatic heterocycles. The van der Waals surface area contributed by atoms with E-state index >= 15 is 0 Å². The minimum absolute atomic E-state index is 0.224. The molecule has 6 heteroatoms. The van der Waals surface area contributed by atoms with Gasteiger partial charge in [0.25, 0.3) is 5.91 Å². The van der Waals surface area contributed by atoms with Gasteiger partial charge in [0.1, 0.15) is 12.0 Å². The van der Waals surface area contributed by atoms with Crippen molar-refractivity contribution in [3.05, 3.63) is 0 Å². The number of nitrogens with one attached hydrogen (secondary N) is 2. The van der Waals surface area contributed by atoms with Gasteiger partial charge in [0.15, 0.2) is 6.17 Å². The maximum Gasteiger partial charge on any atom is 0.267 e. The number of nitrogens with zero attached hydrogens (tertiary/aromatic N) is 3. The number of hydrazone groups is 1. The summed E-state index contributed by atoms with van der Waals surface area (Å²) in [7, 11) is 0. The molecule has 1 amide bonds. The van der Waals surface area contributed by atoms with Crippen molar-refractivity contribution >= 4 is 11.7 Å². The normalized spacial score (nSPS) is 37.8. The number of amides is 1. The molecule has 5 aliphatic rings. The van der Waals surface area contributed by atoms with Crippen LogP contribution in [-0.4, -0.2) is 53.0 Å². The highest BCUT2D eigenvalue weighted by molar-refractivity contribution is 5.98. The molecule has 4 fully saturated rings. The van der Waals surface area contributed by atoms with Gasteiger partial charge in [0.2, 0.25) is 0 Å². The van der Waals surface area contributed by atoms with E-state index in [0.717, 1.165) is 38.3 Å². The summed E-state index contributed by atoms with van der Waals surface area (Å²) in [5, 5.41) is 8.60. The van der Waals surface area contributed by atoms with Gasteiger partial charge in [0, 0.05) is 12.0 Å². The number of carbonyl (C=O) groups is 1. The van der Waals surface area contributed by atoms with Crippen molar-refractivity contribution in [2.24, 2.45) is 22.4 Å². The molecule has 2 saturated heterocycles. The van der Waals surface area contributed by atoms with Crippen LogP contribution in [0, 0.1) is 17.3 Å². The Kier molecular flexibility index (Phi) is 3.96. The quantitative estimate of drug-likeness (QED) is 0.762. The van der Waals surface area contributed by atoms with E-state index in [1.165, 1.54) is 37.9 Å². The van der Waals surface area contributed by atoms with Gasteiger partial charge >= 0.3 is 0 Å². The van der Waals surface area contributed by atoms with E-state index in [-0.39, 0.29) is 29.7 Å². The van der Waals surface area contributed by atoms with E-state index in [2.05, 4.69) is 34.4 Å². The molecular weight excluding hydrogens is 326 g/mol. The molecule has 4 atom stereocenters. The Morgan fingerprint density at radius 1 is 1.27 bits per heavy atom. The zero-order valence-corrected chi connectivity index (χ0v) is 16.2. The first-order chi connectivity index (χ1) is 12.7. The molecule has 4 unspecified atom stereocenters. The first-order valence-corrected chi connectivity index (χ1v) is 10.9. The van der Waals surface area contributed by atoms with Gasteiger partial charge in [-0.3, -0.25) is 15.5 Å². The second-order valence-corrected chi connectivity index (χ2v) is 9.12. The molecule has 3 aliphatic heterocycles. The first-order valence-electron chi connectivity index (χ1n) is 10.9. The molecule has 0 spiro atoms. The summed E-state index contributed by atoms with van der Waals surface area (Å²) in [5.74, 6) is 2.91. The molecule has 2 N–H and O–H groups in total. The van der Waals surface area contributed by atoms with Crippen LogP contribution < -0.4 is 10.7 Å². The lowest BCUT2D eigenvalue weighted by Crippen LogP contribution is -2.74. The molecule has 6 nitrogen and oxygen atoms in total. The van der Waals surface area contributed by atoms with E-state index in [1.54, 1.807) is 0 Å². The second kappa shape index (κ2) is 6.11. The average molecular weight is 360 g/mol. The highest BCUT2D eigenvalue weighted by Gasteiger charge is 2.64. The van der Waals surface area contributed by atoms with E-state index in [1.807, 2.05) is 0 Å². The number of unbranched alkanes of at least 4 members (excludes halogenated alkanes) is 1. The number of hydrogen-bond acceptors (Lipinski definition) is 5. The predicted octanol–water partition coefficient (Wildman–Crippen LogP) is 2.08. The first kappa shape index (κ1) is 16.8. The van der Waals surface area contributed by atoms with E-state index < -0.39 is 0 Å². The van der Waals surface area contributed by atoms with Gasteiger partial charge < -0.3 is 9.80 Å². The van der Waals surface area contributed by atoms with Gasteiger partial charge in [-0.2, -0.15) is 5.10 Å². The van der Waals surface area contributed by atoms with Gasteiger partial charge in [0.05, 0.1) is 6.04 Å². The summed E-state index contributed by atoms with van der Waals surface area (Å²) in [6.07, 6.45) is 9.64. The fourth-order valence-corrected chi connectivity index (χ4v) is 5.58. The number of carbonyl (C=O) groups excluding carboxylic acids is 1. The number of piperidine rings is 1. The second-order valence-electron chi connectivity index (χ2n) is 9.12. The Hall–Kier alpha value is -1.30. The zero-order valence-electron chi connectivity index (χ0n) is 16.2. The molecular formula is C20H33N5O. The fraction of sp³-hybridized carbons (Fsp3) is 0.900. The highest BCUT2D eigenvalue weighted by atomic mass is 16.2. The summed E-state index contributed by atoms with van der Waals surface area (Å²) >= 11 is 0. The standard InChI is InChI=1S/C20H33N5O/c1-3-5-10-24-15-11-13(4-2)12-21-16(15)25-17(18(24)26)22-23-19(25)20(8-9-20)14-6-7-14/h13-17,21-22H,3-12H2,1-2H3. The summed E-state index contributed by atoms with van der Waals surface area (Å²) in [6.45, 7) is 6.41. The molecule has 3 heterocycles. The van der Waals surface area contributed by atoms with Crippen molar-refractivity contribution in [3.8, 4) is 0 Å². The molecule has 0 aromatic carbocycles. The lowest BCUT2D eigenvalue weighted by molar-refractivity contribution is -0.151. The van der Waals surface area contributed by atoms with Crippen LogP contribution in [0.5, 0.6) is 0 Å². The van der Waals surface area contributed by atoms with Crippen molar-refractivity contribution in [1.82, 2.24) is 20.5 Å². The molecule has 5 rings (SSSR count). The van der Waals surface area contributed by atoms with Crippen molar-refractivity contribution < 1.29 is 4.79 Å². The van der Waals surface area contributed by atoms with E-state index in [4.69, 9.17) is 5.10 Å². The van der Waals surface area contributed by atoms with Crippen molar-refractivity contribution in [1.29, 1.82) is 0 Å². The summed E-state index contributed by atoms with van der Waals surface area (Å²) in [6, 6.07) is 0.282. The molecule has 26 heavy (non-hydrogen) atoms. The molecule has 0 bridgehead atoms. The SMILES string of the molecule is CCCCN1C(=O)C2NN=C(C3(C4CC4)CC3)N2C2NCC(CC)CC21. The van der Waals surface area contributed by atoms with Crippen LogP contribution >= 0.6 is 0 Å². The number of piperazine rings is 1. The Morgan fingerprint density at radius 3 is 2.73 bits per heavy atom. The van der Waals surface area contributed by atoms with Crippen LogP contribution in [0.4, 0.5) is 0 Å². The van der Waals surface area contributed by atoms with Crippen LogP contribution in [-0.2, 0) is 4.79 Å². The largest absolute Gasteiger partial charge is 0.333 e. The van der Waals surface area contributed by atoms with Gasteiger partial charge in [-0.05, 0) is 56.9 Å². The number of fused-ring (bicyclic) bond motifs is 3. The highest BCUT2D eigenvalue weighted by Crippen LogP contribution is 2.63. The number of rotatable bonds is 6. The summed E-state index contributed by atoms with van der Waals surface area (Å²) in [5.41, 5.74) is 3.51. The van der Waals surface area contributed by atoms with Crippen LogP contribution in [0.3, 0.4) is 0 Å². The number of hydrogen-bond donors (Lipinski definition) is 2. The Morgan fingerprint density at radius 2 is 2.08 bits per heavy atom. The molecule has 0 radical (unpaired) electrons. The van der Waals surface area contributed by atoms with Crippen LogP contribution in [0.2, 0.25) is 0 Å². The summed E-state index contributed by atoms with van der Waals surface area (Å²) < 4.78 is 0. The van der Waals surface area contributed by atoms with Crippen molar-refractivity contribution in [3.63, 3.8) is 0 Å². The lowest BCUT2D eigenvalue weighted by atomic mass is 9.86. The Balaban J connectivity index is 1.45. The van der Waals surface area contributed by atoms with E-state index in [9.17, 15) is 4.79 Å². The van der Waals surface area contributed by atoms with Crippen molar-refractivity contribution in [2.75, 3.05) is 13.1 Å². The van der Waals surface area contributed by atoms with Gasteiger partial charge in [-0.25, -0.2) is 0 Å². The maximum absolute atomic E-state index is 13.4. The summed E-state index contributed by atoms with van der Waals surface area (Å²) in [4.78, 5) is 17.9. The Bertz CT molecular complexity index is 611.